The average molecular weight is 581 g/mol. The van der Waals surface area contributed by atoms with Gasteiger partial charge in [0, 0.05) is 23.7 Å². The molecule has 8 heteroatoms. The molecule has 1 amide bonds. The van der Waals surface area contributed by atoms with E-state index in [2.05, 4.69) is 28.1 Å². The fourth-order valence-electron chi connectivity index (χ4n) is 4.72. The summed E-state index contributed by atoms with van der Waals surface area (Å²) in [6, 6.07) is 28.9. The maximum absolute atomic E-state index is 13.7. The second-order valence-corrected chi connectivity index (χ2v) is 10.1. The number of hydrogen-bond donors (Lipinski definition) is 0. The summed E-state index contributed by atoms with van der Waals surface area (Å²) in [5.41, 5.74) is 6.45. The number of methoxy groups -OCH3 is 1. The monoisotopic (exact) mass is 580 g/mol. The molecule has 0 N–H and O–H groups in total. The highest BCUT2D eigenvalue weighted by molar-refractivity contribution is 9.10. The Labute approximate surface area is 234 Å². The lowest BCUT2D eigenvalue weighted by molar-refractivity contribution is 0.0677. The van der Waals surface area contributed by atoms with Crippen molar-refractivity contribution in [3.8, 4) is 22.7 Å². The molecule has 1 aliphatic heterocycles. The number of aryl methyl sites for hydroxylation is 1. The number of aromatic nitrogens is 2. The average Bonchev–Trinajstić information content (AvgIpc) is 3.72. The predicted octanol–water partition coefficient (Wildman–Crippen LogP) is 7.20. The van der Waals surface area contributed by atoms with E-state index >= 15 is 0 Å². The Kier molecular flexibility index (Phi) is 6.62. The van der Waals surface area contributed by atoms with Crippen LogP contribution in [0.4, 0.5) is 0 Å². The highest BCUT2D eigenvalue weighted by Gasteiger charge is 2.37. The minimum absolute atomic E-state index is 0.210. The molecule has 5 aromatic rings. The van der Waals surface area contributed by atoms with E-state index in [9.17, 15) is 4.79 Å². The van der Waals surface area contributed by atoms with Crippen molar-refractivity contribution < 1.29 is 13.9 Å². The molecule has 0 radical (unpaired) electrons. The number of para-hydroxylation sites is 1. The van der Waals surface area contributed by atoms with Crippen LogP contribution in [0.5, 0.6) is 5.75 Å². The van der Waals surface area contributed by atoms with Crippen molar-refractivity contribution in [2.45, 2.75) is 19.4 Å². The number of hydrazone groups is 1. The molecule has 7 nitrogen and oxygen atoms in total. The Morgan fingerprint density at radius 1 is 0.949 bits per heavy atom. The van der Waals surface area contributed by atoms with Gasteiger partial charge in [0.2, 0.25) is 0 Å². The Morgan fingerprint density at radius 2 is 1.67 bits per heavy atom. The van der Waals surface area contributed by atoms with Gasteiger partial charge in [0.25, 0.3) is 0 Å². The largest absolute Gasteiger partial charge is 0.497 e. The molecular formula is C31H25BrN4O3. The van der Waals surface area contributed by atoms with Gasteiger partial charge in [0.15, 0.2) is 10.4 Å². The van der Waals surface area contributed by atoms with Gasteiger partial charge in [-0.1, -0.05) is 48.0 Å². The van der Waals surface area contributed by atoms with Gasteiger partial charge < -0.3 is 9.15 Å². The van der Waals surface area contributed by atoms with Crippen LogP contribution in [-0.2, 0) is 0 Å². The molecule has 0 bridgehead atoms. The van der Waals surface area contributed by atoms with Crippen LogP contribution < -0.4 is 4.74 Å². The maximum Gasteiger partial charge on any atom is 0.310 e. The van der Waals surface area contributed by atoms with E-state index in [-0.39, 0.29) is 11.7 Å². The SMILES string of the molecule is COc1ccc(-c2nn(-c3ccccc3)cc2C2CC(c3ccc(C)cc3)=NN2C(=O)c2ccc(Br)o2)cc1. The Morgan fingerprint density at radius 3 is 2.33 bits per heavy atom. The molecule has 6 rings (SSSR count). The maximum atomic E-state index is 13.7. The topological polar surface area (TPSA) is 72.9 Å². The lowest BCUT2D eigenvalue weighted by Gasteiger charge is -2.21. The van der Waals surface area contributed by atoms with Crippen LogP contribution in [0.25, 0.3) is 16.9 Å². The minimum Gasteiger partial charge on any atom is -0.497 e. The van der Waals surface area contributed by atoms with Crippen LogP contribution in [0.3, 0.4) is 0 Å². The molecule has 3 heterocycles. The van der Waals surface area contributed by atoms with Crippen LogP contribution in [0.2, 0.25) is 0 Å². The molecule has 0 saturated heterocycles. The smallest absolute Gasteiger partial charge is 0.310 e. The molecule has 194 valence electrons. The summed E-state index contributed by atoms with van der Waals surface area (Å²) >= 11 is 3.31. The van der Waals surface area contributed by atoms with Crippen molar-refractivity contribution in [3.63, 3.8) is 0 Å². The number of ether oxygens (including phenoxy) is 1. The second-order valence-electron chi connectivity index (χ2n) is 9.33. The molecule has 0 saturated carbocycles. The first-order valence-corrected chi connectivity index (χ1v) is 13.3. The Bertz CT molecular complexity index is 1650. The second kappa shape index (κ2) is 10.4. The molecule has 2 aromatic heterocycles. The fourth-order valence-corrected chi connectivity index (χ4v) is 5.03. The van der Waals surface area contributed by atoms with E-state index in [4.69, 9.17) is 19.4 Å². The Balaban J connectivity index is 1.48. The number of hydrogen-bond acceptors (Lipinski definition) is 5. The number of benzene rings is 3. The van der Waals surface area contributed by atoms with Gasteiger partial charge in [-0.2, -0.15) is 10.2 Å². The van der Waals surface area contributed by atoms with Crippen LogP contribution in [-0.4, -0.2) is 33.5 Å². The summed E-state index contributed by atoms with van der Waals surface area (Å²) < 4.78 is 13.3. The first-order valence-electron chi connectivity index (χ1n) is 12.5. The first kappa shape index (κ1) is 24.9. The fraction of sp³-hybridized carbons (Fsp3) is 0.129. The van der Waals surface area contributed by atoms with Crippen LogP contribution in [0.15, 0.2) is 111 Å². The highest BCUT2D eigenvalue weighted by atomic mass is 79.9. The minimum atomic E-state index is -0.396. The van der Waals surface area contributed by atoms with Crippen molar-refractivity contribution >= 4 is 27.5 Å². The normalized spacial score (nSPS) is 14.9. The lowest BCUT2D eigenvalue weighted by Crippen LogP contribution is -2.27. The number of carbonyl (C=O) groups excluding carboxylic acids is 1. The van der Waals surface area contributed by atoms with E-state index in [1.165, 1.54) is 5.01 Å². The molecular weight excluding hydrogens is 556 g/mol. The molecule has 1 unspecified atom stereocenters. The summed E-state index contributed by atoms with van der Waals surface area (Å²) in [5, 5.41) is 11.4. The van der Waals surface area contributed by atoms with E-state index in [0.29, 0.717) is 11.1 Å². The van der Waals surface area contributed by atoms with E-state index in [0.717, 1.165) is 45.1 Å². The van der Waals surface area contributed by atoms with Gasteiger partial charge in [0.05, 0.1) is 30.2 Å². The molecule has 3 aromatic carbocycles. The summed E-state index contributed by atoms with van der Waals surface area (Å²) in [5.74, 6) is 0.650. The van der Waals surface area contributed by atoms with Gasteiger partial charge in [-0.15, -0.1) is 0 Å². The van der Waals surface area contributed by atoms with Gasteiger partial charge >= 0.3 is 5.91 Å². The lowest BCUT2D eigenvalue weighted by atomic mass is 9.96. The zero-order valence-corrected chi connectivity index (χ0v) is 23.0. The number of carbonyl (C=O) groups is 1. The summed E-state index contributed by atoms with van der Waals surface area (Å²) in [7, 11) is 1.64. The van der Waals surface area contributed by atoms with Crippen molar-refractivity contribution in [2.24, 2.45) is 5.10 Å². The molecule has 0 fully saturated rings. The molecule has 1 aliphatic rings. The number of furan rings is 1. The molecule has 0 spiro atoms. The van der Waals surface area contributed by atoms with E-state index in [1.807, 2.05) is 84.5 Å². The predicted molar refractivity (Wildman–Crippen MR) is 153 cm³/mol. The van der Waals surface area contributed by atoms with Crippen molar-refractivity contribution in [3.05, 3.63) is 124 Å². The molecule has 0 aliphatic carbocycles. The van der Waals surface area contributed by atoms with E-state index < -0.39 is 6.04 Å². The van der Waals surface area contributed by atoms with Crippen LogP contribution in [0, 0.1) is 6.92 Å². The quantitative estimate of drug-likeness (QED) is 0.213. The third-order valence-corrected chi connectivity index (χ3v) is 7.20. The standard InChI is InChI=1S/C31H25BrN4O3/c1-20-8-10-21(11-9-20)26-18-27(36(33-26)31(37)28-16-17-29(32)39-28)25-19-35(23-6-4-3-5-7-23)34-30(25)22-12-14-24(38-2)15-13-22/h3-17,19,27H,18H2,1-2H3. The van der Waals surface area contributed by atoms with Gasteiger partial charge in [-0.25, -0.2) is 9.69 Å². The highest BCUT2D eigenvalue weighted by Crippen LogP contribution is 2.39. The number of amides is 1. The van der Waals surface area contributed by atoms with E-state index in [1.54, 1.807) is 19.2 Å². The molecule has 1 atom stereocenters. The van der Waals surface area contributed by atoms with Crippen LogP contribution >= 0.6 is 15.9 Å². The third-order valence-electron chi connectivity index (χ3n) is 6.77. The van der Waals surface area contributed by atoms with Crippen molar-refractivity contribution in [1.82, 2.24) is 14.8 Å². The molecule has 39 heavy (non-hydrogen) atoms. The van der Waals surface area contributed by atoms with Gasteiger partial charge in [0.1, 0.15) is 5.75 Å². The van der Waals surface area contributed by atoms with Crippen LogP contribution in [0.1, 0.15) is 39.7 Å². The Hall–Kier alpha value is -4.43. The van der Waals surface area contributed by atoms with Gasteiger partial charge in [-0.05, 0) is 76.9 Å². The zero-order chi connectivity index (χ0) is 26.9. The summed E-state index contributed by atoms with van der Waals surface area (Å²) in [4.78, 5) is 13.7. The van der Waals surface area contributed by atoms with Crippen molar-refractivity contribution in [1.29, 1.82) is 0 Å². The number of rotatable bonds is 6. The van der Waals surface area contributed by atoms with Crippen molar-refractivity contribution in [2.75, 3.05) is 7.11 Å². The summed E-state index contributed by atoms with van der Waals surface area (Å²) in [6.07, 6.45) is 2.52. The summed E-state index contributed by atoms with van der Waals surface area (Å²) in [6.45, 7) is 2.05. The number of nitrogens with zero attached hydrogens (tertiary/aromatic N) is 4. The zero-order valence-electron chi connectivity index (χ0n) is 21.4. The number of halogens is 1. The van der Waals surface area contributed by atoms with Gasteiger partial charge in [-0.3, -0.25) is 4.79 Å². The third kappa shape index (κ3) is 4.91. The first-order chi connectivity index (χ1) is 19.0.